The number of carbonyl (C=O) groups excluding carboxylic acids is 1. The zero-order valence-electron chi connectivity index (χ0n) is 17.0. The van der Waals surface area contributed by atoms with Crippen LogP contribution < -0.4 is 20.1 Å². The number of fused-ring (bicyclic) bond motifs is 1. The maximum atomic E-state index is 12.4. The van der Waals surface area contributed by atoms with Crippen molar-refractivity contribution < 1.29 is 17.9 Å². The molecule has 0 radical (unpaired) electrons. The SMILES string of the molecule is O=C(COc1ccc2ccccc2c1)NC(=S)Nc1ccc(S(=O)(=O)Nc2nccs2)cc1. The van der Waals surface area contributed by atoms with Crippen molar-refractivity contribution in [3.8, 4) is 5.75 Å². The Morgan fingerprint density at radius 3 is 2.52 bits per heavy atom. The van der Waals surface area contributed by atoms with Crippen LogP contribution in [0.3, 0.4) is 0 Å². The third kappa shape index (κ3) is 6.04. The Morgan fingerprint density at radius 1 is 1.03 bits per heavy atom. The minimum Gasteiger partial charge on any atom is -0.484 e. The zero-order valence-corrected chi connectivity index (χ0v) is 19.5. The highest BCUT2D eigenvalue weighted by molar-refractivity contribution is 7.93. The van der Waals surface area contributed by atoms with Crippen LogP contribution in [-0.4, -0.2) is 31.0 Å². The molecular weight excluding hydrogens is 480 g/mol. The van der Waals surface area contributed by atoms with Crippen LogP contribution in [0.15, 0.2) is 83.2 Å². The third-order valence-corrected chi connectivity index (χ3v) is 6.80. The van der Waals surface area contributed by atoms with Crippen molar-refractivity contribution in [3.05, 3.63) is 78.3 Å². The molecule has 0 spiro atoms. The van der Waals surface area contributed by atoms with Gasteiger partial charge in [-0.15, -0.1) is 11.3 Å². The Kier molecular flexibility index (Phi) is 6.82. The highest BCUT2D eigenvalue weighted by Crippen LogP contribution is 2.21. The van der Waals surface area contributed by atoms with E-state index in [-0.39, 0.29) is 21.7 Å². The molecule has 0 aliphatic heterocycles. The van der Waals surface area contributed by atoms with E-state index in [0.29, 0.717) is 11.4 Å². The van der Waals surface area contributed by atoms with E-state index >= 15 is 0 Å². The number of benzene rings is 3. The van der Waals surface area contributed by atoms with Gasteiger partial charge in [0.2, 0.25) is 0 Å². The van der Waals surface area contributed by atoms with Gasteiger partial charge in [0.15, 0.2) is 16.9 Å². The number of anilines is 2. The first-order chi connectivity index (χ1) is 15.9. The van der Waals surface area contributed by atoms with E-state index in [1.807, 2.05) is 36.4 Å². The number of aromatic nitrogens is 1. The Morgan fingerprint density at radius 2 is 1.79 bits per heavy atom. The molecule has 3 N–H and O–H groups in total. The number of ether oxygens (including phenoxy) is 1. The Hall–Kier alpha value is -3.54. The lowest BCUT2D eigenvalue weighted by Gasteiger charge is -2.11. The number of thiazole rings is 1. The normalized spacial score (nSPS) is 11.0. The lowest BCUT2D eigenvalue weighted by atomic mass is 10.1. The number of nitrogens with zero attached hydrogens (tertiary/aromatic N) is 1. The van der Waals surface area contributed by atoms with E-state index in [1.54, 1.807) is 23.6 Å². The summed E-state index contributed by atoms with van der Waals surface area (Å²) in [7, 11) is -3.74. The molecule has 0 saturated heterocycles. The predicted molar refractivity (Wildman–Crippen MR) is 133 cm³/mol. The smallest absolute Gasteiger partial charge is 0.264 e. The van der Waals surface area contributed by atoms with E-state index in [1.165, 1.54) is 29.7 Å². The second-order valence-electron chi connectivity index (χ2n) is 6.77. The van der Waals surface area contributed by atoms with Crippen LogP contribution in [0.4, 0.5) is 10.8 Å². The Labute approximate surface area is 199 Å². The van der Waals surface area contributed by atoms with Crippen LogP contribution in [0.5, 0.6) is 5.75 Å². The fourth-order valence-corrected chi connectivity index (χ4v) is 4.92. The van der Waals surface area contributed by atoms with Crippen LogP contribution >= 0.6 is 23.6 Å². The summed E-state index contributed by atoms with van der Waals surface area (Å²) in [6, 6.07) is 19.4. The molecule has 0 fully saturated rings. The number of thiocarbonyl (C=S) groups is 1. The molecular formula is C22H18N4O4S3. The number of amides is 1. The summed E-state index contributed by atoms with van der Waals surface area (Å²) in [5, 5.41) is 9.49. The van der Waals surface area contributed by atoms with Gasteiger partial charge in [-0.2, -0.15) is 0 Å². The van der Waals surface area contributed by atoms with Gasteiger partial charge in [-0.1, -0.05) is 30.3 Å². The second kappa shape index (κ2) is 9.94. The number of hydrogen-bond donors (Lipinski definition) is 3. The summed E-state index contributed by atoms with van der Waals surface area (Å²) in [4.78, 5) is 16.1. The molecule has 0 aliphatic rings. The molecule has 1 amide bonds. The van der Waals surface area contributed by atoms with Gasteiger partial charge in [0.05, 0.1) is 4.90 Å². The Bertz CT molecular complexity index is 1390. The van der Waals surface area contributed by atoms with Gasteiger partial charge >= 0.3 is 0 Å². The molecule has 4 rings (SSSR count). The molecule has 0 saturated carbocycles. The lowest BCUT2D eigenvalue weighted by Crippen LogP contribution is -2.37. The minimum absolute atomic E-state index is 0.0682. The van der Waals surface area contributed by atoms with Gasteiger partial charge in [0.25, 0.3) is 15.9 Å². The number of sulfonamides is 1. The molecule has 0 aliphatic carbocycles. The van der Waals surface area contributed by atoms with E-state index in [0.717, 1.165) is 10.8 Å². The quantitative estimate of drug-likeness (QED) is 0.331. The maximum Gasteiger partial charge on any atom is 0.264 e. The van der Waals surface area contributed by atoms with Crippen molar-refractivity contribution in [2.45, 2.75) is 4.90 Å². The van der Waals surface area contributed by atoms with E-state index in [9.17, 15) is 13.2 Å². The molecule has 168 valence electrons. The van der Waals surface area contributed by atoms with Gasteiger partial charge < -0.3 is 10.1 Å². The molecule has 11 heteroatoms. The lowest BCUT2D eigenvalue weighted by molar-refractivity contribution is -0.121. The number of nitrogens with one attached hydrogen (secondary N) is 3. The first-order valence-corrected chi connectivity index (χ1v) is 12.4. The monoisotopic (exact) mass is 498 g/mol. The molecule has 0 unspecified atom stereocenters. The summed E-state index contributed by atoms with van der Waals surface area (Å²) < 4.78 is 32.7. The van der Waals surface area contributed by atoms with Crippen molar-refractivity contribution in [2.75, 3.05) is 16.6 Å². The number of carbonyl (C=O) groups is 1. The molecule has 1 heterocycles. The second-order valence-corrected chi connectivity index (χ2v) is 9.75. The van der Waals surface area contributed by atoms with Crippen LogP contribution in [0.1, 0.15) is 0 Å². The molecule has 1 aromatic heterocycles. The van der Waals surface area contributed by atoms with Crippen LogP contribution in [0.2, 0.25) is 0 Å². The van der Waals surface area contributed by atoms with Crippen molar-refractivity contribution in [1.29, 1.82) is 0 Å². The van der Waals surface area contributed by atoms with Crippen LogP contribution in [0.25, 0.3) is 10.8 Å². The van der Waals surface area contributed by atoms with Crippen molar-refractivity contribution in [3.63, 3.8) is 0 Å². The summed E-state index contributed by atoms with van der Waals surface area (Å²) in [6.45, 7) is -0.209. The van der Waals surface area contributed by atoms with Crippen LogP contribution in [0, 0.1) is 0 Å². The predicted octanol–water partition coefficient (Wildman–Crippen LogP) is 3.99. The standard InChI is InChI=1S/C22H18N4O4S3/c27-20(14-30-18-8-5-15-3-1-2-4-16(15)13-18)25-21(31)24-17-6-9-19(10-7-17)33(28,29)26-22-23-11-12-32-22/h1-13H,14H2,(H,23,26)(H2,24,25,27,31). The summed E-state index contributed by atoms with van der Waals surface area (Å²) in [5.74, 6) is 0.151. The Balaban J connectivity index is 1.28. The van der Waals surface area contributed by atoms with Gasteiger partial charge in [-0.05, 0) is 59.4 Å². The fraction of sp³-hybridized carbons (Fsp3) is 0.0455. The van der Waals surface area contributed by atoms with E-state index in [2.05, 4.69) is 20.3 Å². The largest absolute Gasteiger partial charge is 0.484 e. The molecule has 3 aromatic carbocycles. The summed E-state index contributed by atoms with van der Waals surface area (Å²) in [5.41, 5.74) is 0.518. The maximum absolute atomic E-state index is 12.4. The third-order valence-electron chi connectivity index (χ3n) is 4.42. The van der Waals surface area contributed by atoms with Gasteiger partial charge in [-0.25, -0.2) is 13.4 Å². The van der Waals surface area contributed by atoms with Crippen molar-refractivity contribution >= 4 is 66.2 Å². The molecule has 33 heavy (non-hydrogen) atoms. The van der Waals surface area contributed by atoms with E-state index < -0.39 is 15.9 Å². The topological polar surface area (TPSA) is 109 Å². The van der Waals surface area contributed by atoms with Crippen LogP contribution in [-0.2, 0) is 14.8 Å². The summed E-state index contributed by atoms with van der Waals surface area (Å²) in [6.07, 6.45) is 1.51. The molecule has 8 nitrogen and oxygen atoms in total. The number of hydrogen-bond acceptors (Lipinski definition) is 7. The first kappa shape index (κ1) is 22.6. The fourth-order valence-electron chi connectivity index (χ4n) is 2.90. The molecule has 0 bridgehead atoms. The average Bonchev–Trinajstić information content (AvgIpc) is 3.30. The van der Waals surface area contributed by atoms with Gasteiger partial charge in [-0.3, -0.25) is 14.8 Å². The average molecular weight is 499 g/mol. The highest BCUT2D eigenvalue weighted by atomic mass is 32.2. The molecule has 4 aromatic rings. The number of rotatable bonds is 7. The highest BCUT2D eigenvalue weighted by Gasteiger charge is 2.15. The van der Waals surface area contributed by atoms with Crippen molar-refractivity contribution in [1.82, 2.24) is 10.3 Å². The first-order valence-electron chi connectivity index (χ1n) is 9.64. The minimum atomic E-state index is -3.74. The summed E-state index contributed by atoms with van der Waals surface area (Å²) >= 11 is 6.34. The van der Waals surface area contributed by atoms with E-state index in [4.69, 9.17) is 17.0 Å². The molecule has 0 atom stereocenters. The van der Waals surface area contributed by atoms with Gasteiger partial charge in [0.1, 0.15) is 5.75 Å². The van der Waals surface area contributed by atoms with Gasteiger partial charge in [0, 0.05) is 17.3 Å². The zero-order chi connectivity index (χ0) is 23.3. The van der Waals surface area contributed by atoms with Crippen molar-refractivity contribution in [2.24, 2.45) is 0 Å².